The minimum Gasteiger partial charge on any atom is -0.484 e. The number of rotatable bonds is 7. The van der Waals surface area contributed by atoms with Crippen LogP contribution in [-0.2, 0) is 13.7 Å². The number of ether oxygens (including phenoxy) is 1. The fourth-order valence-electron chi connectivity index (χ4n) is 2.39. The molecule has 0 aliphatic carbocycles. The van der Waals surface area contributed by atoms with E-state index in [1.165, 1.54) is 0 Å². The molecule has 136 valence electrons. The fourth-order valence-corrected chi connectivity index (χ4v) is 2.94. The monoisotopic (exact) mass is 372 g/mol. The van der Waals surface area contributed by atoms with E-state index in [1.807, 2.05) is 50.7 Å². The van der Waals surface area contributed by atoms with Crippen LogP contribution in [0.1, 0.15) is 34.8 Å². The maximum absolute atomic E-state index is 12.3. The number of thioether (sulfide) groups is 1. The molecule has 0 aliphatic heterocycles. The first-order valence-electron chi connectivity index (χ1n) is 8.07. The highest BCUT2D eigenvalue weighted by atomic mass is 32.2. The second-order valence-electron chi connectivity index (χ2n) is 5.76. The third-order valence-corrected chi connectivity index (χ3v) is 4.58. The minimum atomic E-state index is -0.305. The summed E-state index contributed by atoms with van der Waals surface area (Å²) in [4.78, 5) is 13.4. The van der Waals surface area contributed by atoms with E-state index in [2.05, 4.69) is 15.6 Å². The SMILES string of the molecule is CSc1ccccc1OCc1cc(C(=O)NC(C)c2cnn(C)c2)no1. The number of carbonyl (C=O) groups excluding carboxylic acids is 1. The van der Waals surface area contributed by atoms with Gasteiger partial charge in [0.05, 0.1) is 12.2 Å². The van der Waals surface area contributed by atoms with Crippen molar-refractivity contribution in [3.05, 3.63) is 59.7 Å². The molecule has 0 aliphatic rings. The largest absolute Gasteiger partial charge is 0.484 e. The van der Waals surface area contributed by atoms with Crippen LogP contribution in [0.15, 0.2) is 52.1 Å². The quantitative estimate of drug-likeness (QED) is 0.642. The van der Waals surface area contributed by atoms with Crippen molar-refractivity contribution in [2.24, 2.45) is 7.05 Å². The average Bonchev–Trinajstić information content (AvgIpc) is 3.29. The Labute approximate surface area is 155 Å². The van der Waals surface area contributed by atoms with Crippen LogP contribution in [0.2, 0.25) is 0 Å². The van der Waals surface area contributed by atoms with E-state index >= 15 is 0 Å². The van der Waals surface area contributed by atoms with E-state index in [-0.39, 0.29) is 24.2 Å². The van der Waals surface area contributed by atoms with Gasteiger partial charge in [-0.3, -0.25) is 9.48 Å². The van der Waals surface area contributed by atoms with Crippen molar-refractivity contribution in [3.63, 3.8) is 0 Å². The smallest absolute Gasteiger partial charge is 0.273 e. The van der Waals surface area contributed by atoms with Gasteiger partial charge in [-0.15, -0.1) is 11.8 Å². The van der Waals surface area contributed by atoms with Crippen LogP contribution >= 0.6 is 11.8 Å². The topological polar surface area (TPSA) is 82.2 Å². The highest BCUT2D eigenvalue weighted by Crippen LogP contribution is 2.27. The van der Waals surface area contributed by atoms with E-state index in [0.717, 1.165) is 16.2 Å². The summed E-state index contributed by atoms with van der Waals surface area (Å²) in [7, 11) is 1.83. The summed E-state index contributed by atoms with van der Waals surface area (Å²) in [5, 5.41) is 10.8. The lowest BCUT2D eigenvalue weighted by atomic mass is 10.2. The summed E-state index contributed by atoms with van der Waals surface area (Å²) in [6.45, 7) is 2.09. The molecule has 3 aromatic rings. The molecule has 26 heavy (non-hydrogen) atoms. The Morgan fingerprint density at radius 3 is 2.96 bits per heavy atom. The molecule has 3 rings (SSSR count). The van der Waals surface area contributed by atoms with Gasteiger partial charge in [-0.25, -0.2) is 0 Å². The zero-order chi connectivity index (χ0) is 18.5. The highest BCUT2D eigenvalue weighted by molar-refractivity contribution is 7.98. The van der Waals surface area contributed by atoms with Crippen LogP contribution in [0.5, 0.6) is 5.75 Å². The van der Waals surface area contributed by atoms with Gasteiger partial charge in [0, 0.05) is 29.8 Å². The van der Waals surface area contributed by atoms with Crippen molar-refractivity contribution in [3.8, 4) is 5.75 Å². The lowest BCUT2D eigenvalue weighted by Gasteiger charge is -2.10. The lowest BCUT2D eigenvalue weighted by molar-refractivity contribution is 0.0930. The predicted molar refractivity (Wildman–Crippen MR) is 98.1 cm³/mol. The molecule has 0 saturated carbocycles. The number of nitrogens with one attached hydrogen (secondary N) is 1. The molecule has 1 amide bonds. The summed E-state index contributed by atoms with van der Waals surface area (Å²) >= 11 is 1.60. The molecule has 1 aromatic carbocycles. The summed E-state index contributed by atoms with van der Waals surface area (Å²) in [5.41, 5.74) is 1.14. The second-order valence-corrected chi connectivity index (χ2v) is 6.61. The van der Waals surface area contributed by atoms with Gasteiger partial charge in [0.25, 0.3) is 5.91 Å². The number of para-hydroxylation sites is 1. The van der Waals surface area contributed by atoms with Crippen molar-refractivity contribution in [1.82, 2.24) is 20.3 Å². The van der Waals surface area contributed by atoms with Crippen molar-refractivity contribution in [1.29, 1.82) is 0 Å². The Morgan fingerprint density at radius 1 is 1.42 bits per heavy atom. The average molecular weight is 372 g/mol. The van der Waals surface area contributed by atoms with Gasteiger partial charge in [0.1, 0.15) is 12.4 Å². The second kappa shape index (κ2) is 8.09. The van der Waals surface area contributed by atoms with Gasteiger partial charge in [0.2, 0.25) is 0 Å². The van der Waals surface area contributed by atoms with Gasteiger partial charge in [-0.05, 0) is 25.3 Å². The lowest BCUT2D eigenvalue weighted by Crippen LogP contribution is -2.26. The molecule has 0 spiro atoms. The van der Waals surface area contributed by atoms with Crippen LogP contribution in [0, 0.1) is 0 Å². The van der Waals surface area contributed by atoms with Crippen molar-refractivity contribution in [2.45, 2.75) is 24.5 Å². The zero-order valence-electron chi connectivity index (χ0n) is 14.8. The number of aromatic nitrogens is 3. The molecule has 1 N–H and O–H groups in total. The Bertz CT molecular complexity index is 890. The van der Waals surface area contributed by atoms with Crippen molar-refractivity contribution < 1.29 is 14.1 Å². The van der Waals surface area contributed by atoms with Crippen LogP contribution < -0.4 is 10.1 Å². The van der Waals surface area contributed by atoms with Gasteiger partial charge >= 0.3 is 0 Å². The van der Waals surface area contributed by atoms with Crippen molar-refractivity contribution >= 4 is 17.7 Å². The first-order valence-corrected chi connectivity index (χ1v) is 9.30. The van der Waals surface area contributed by atoms with Crippen LogP contribution in [0.25, 0.3) is 0 Å². The standard InChI is InChI=1S/C18H20N4O3S/c1-12(13-9-19-22(2)10-13)20-18(23)15-8-14(25-21-15)11-24-16-6-4-5-7-17(16)26-3/h4-10,12H,11H2,1-3H3,(H,20,23). The summed E-state index contributed by atoms with van der Waals surface area (Å²) in [5.74, 6) is 0.952. The number of amides is 1. The molecule has 8 heteroatoms. The molecule has 7 nitrogen and oxygen atoms in total. The van der Waals surface area contributed by atoms with E-state index < -0.39 is 0 Å². The Hall–Kier alpha value is -2.74. The molecular formula is C18H20N4O3S. The first kappa shape index (κ1) is 18.1. The number of hydrogen-bond donors (Lipinski definition) is 1. The molecule has 1 unspecified atom stereocenters. The number of benzene rings is 1. The number of hydrogen-bond acceptors (Lipinski definition) is 6. The summed E-state index contributed by atoms with van der Waals surface area (Å²) < 4.78 is 12.7. The first-order chi connectivity index (χ1) is 12.6. The van der Waals surface area contributed by atoms with Crippen LogP contribution in [0.4, 0.5) is 0 Å². The van der Waals surface area contributed by atoms with Gasteiger partial charge < -0.3 is 14.6 Å². The number of carbonyl (C=O) groups is 1. The van der Waals surface area contributed by atoms with E-state index in [9.17, 15) is 4.79 Å². The van der Waals surface area contributed by atoms with E-state index in [1.54, 1.807) is 28.7 Å². The Kier molecular flexibility index (Phi) is 5.62. The molecule has 1 atom stereocenters. The maximum Gasteiger partial charge on any atom is 0.273 e. The molecule has 0 fully saturated rings. The van der Waals surface area contributed by atoms with Gasteiger partial charge in [0.15, 0.2) is 11.5 Å². The van der Waals surface area contributed by atoms with Crippen LogP contribution in [-0.4, -0.2) is 27.1 Å². The third kappa shape index (κ3) is 4.26. The molecule has 2 aromatic heterocycles. The summed E-state index contributed by atoms with van der Waals surface area (Å²) in [6, 6.07) is 9.16. The Morgan fingerprint density at radius 2 is 2.23 bits per heavy atom. The van der Waals surface area contributed by atoms with Crippen LogP contribution in [0.3, 0.4) is 0 Å². The molecule has 0 radical (unpaired) electrons. The van der Waals surface area contributed by atoms with Gasteiger partial charge in [-0.2, -0.15) is 5.10 Å². The minimum absolute atomic E-state index is 0.180. The molecule has 0 bridgehead atoms. The molecule has 0 saturated heterocycles. The number of aryl methyl sites for hydroxylation is 1. The third-order valence-electron chi connectivity index (χ3n) is 3.80. The van der Waals surface area contributed by atoms with Crippen molar-refractivity contribution in [2.75, 3.05) is 6.26 Å². The number of nitrogens with zero attached hydrogens (tertiary/aromatic N) is 3. The highest BCUT2D eigenvalue weighted by Gasteiger charge is 2.17. The van der Waals surface area contributed by atoms with E-state index in [0.29, 0.717) is 5.76 Å². The normalized spacial score (nSPS) is 12.0. The van der Waals surface area contributed by atoms with E-state index in [4.69, 9.17) is 9.26 Å². The molecule has 2 heterocycles. The zero-order valence-corrected chi connectivity index (χ0v) is 15.6. The van der Waals surface area contributed by atoms with Gasteiger partial charge in [-0.1, -0.05) is 17.3 Å². The molecular weight excluding hydrogens is 352 g/mol. The maximum atomic E-state index is 12.3. The fraction of sp³-hybridized carbons (Fsp3) is 0.278. The summed E-state index contributed by atoms with van der Waals surface area (Å²) in [6.07, 6.45) is 5.56. The predicted octanol–water partition coefficient (Wildman–Crippen LogP) is 3.20. The Balaban J connectivity index is 1.59.